The fraction of sp³-hybridized carbons (Fsp3) is 0.350. The SMILES string of the molecule is Cc1ccc(CNC(=O)CCN(c2cccc(C)c2C)S(C)(=O)=O)cc1. The molecule has 0 bridgehead atoms. The Kier molecular flexibility index (Phi) is 6.42. The van der Waals surface area contributed by atoms with Crippen LogP contribution in [0.3, 0.4) is 0 Å². The molecule has 2 aromatic rings. The van der Waals surface area contributed by atoms with Gasteiger partial charge in [0, 0.05) is 19.5 Å². The number of nitrogens with one attached hydrogen (secondary N) is 1. The van der Waals surface area contributed by atoms with E-state index in [9.17, 15) is 13.2 Å². The molecule has 0 heterocycles. The molecular weight excluding hydrogens is 348 g/mol. The van der Waals surface area contributed by atoms with E-state index < -0.39 is 10.0 Å². The Bertz CT molecular complexity index is 874. The van der Waals surface area contributed by atoms with Gasteiger partial charge in [-0.3, -0.25) is 9.10 Å². The van der Waals surface area contributed by atoms with E-state index in [1.165, 1.54) is 10.6 Å². The zero-order chi connectivity index (χ0) is 19.3. The van der Waals surface area contributed by atoms with Gasteiger partial charge in [0.2, 0.25) is 15.9 Å². The maximum Gasteiger partial charge on any atom is 0.232 e. The second-order valence-corrected chi connectivity index (χ2v) is 8.47. The number of hydrogen-bond donors (Lipinski definition) is 1. The molecule has 0 fully saturated rings. The molecule has 1 amide bonds. The first-order valence-corrected chi connectivity index (χ1v) is 10.4. The van der Waals surface area contributed by atoms with Crippen molar-refractivity contribution in [1.29, 1.82) is 0 Å². The Labute approximate surface area is 156 Å². The van der Waals surface area contributed by atoms with Crippen molar-refractivity contribution >= 4 is 21.6 Å². The summed E-state index contributed by atoms with van der Waals surface area (Å²) in [6.07, 6.45) is 1.27. The van der Waals surface area contributed by atoms with E-state index in [2.05, 4.69) is 5.32 Å². The highest BCUT2D eigenvalue weighted by atomic mass is 32.2. The molecule has 0 saturated heterocycles. The van der Waals surface area contributed by atoms with Gasteiger partial charge in [0.15, 0.2) is 0 Å². The molecule has 0 aliphatic rings. The minimum atomic E-state index is -3.47. The normalized spacial score (nSPS) is 11.2. The predicted octanol–water partition coefficient (Wildman–Crippen LogP) is 3.08. The Morgan fingerprint density at radius 3 is 2.31 bits per heavy atom. The van der Waals surface area contributed by atoms with Crippen molar-refractivity contribution in [1.82, 2.24) is 5.32 Å². The molecule has 2 rings (SSSR count). The number of hydrogen-bond acceptors (Lipinski definition) is 3. The van der Waals surface area contributed by atoms with E-state index in [1.54, 1.807) is 6.07 Å². The first kappa shape index (κ1) is 20.0. The topological polar surface area (TPSA) is 66.5 Å². The highest BCUT2D eigenvalue weighted by Gasteiger charge is 2.20. The average molecular weight is 375 g/mol. The van der Waals surface area contributed by atoms with Crippen molar-refractivity contribution in [2.75, 3.05) is 17.1 Å². The van der Waals surface area contributed by atoms with Crippen LogP contribution >= 0.6 is 0 Å². The minimum absolute atomic E-state index is 0.103. The summed E-state index contributed by atoms with van der Waals surface area (Å²) in [5.74, 6) is -0.176. The number of carbonyl (C=O) groups is 1. The molecule has 1 N–H and O–H groups in total. The highest BCUT2D eigenvalue weighted by Crippen LogP contribution is 2.25. The Morgan fingerprint density at radius 2 is 1.69 bits per heavy atom. The second-order valence-electron chi connectivity index (χ2n) is 6.57. The zero-order valence-corrected chi connectivity index (χ0v) is 16.6. The van der Waals surface area contributed by atoms with Gasteiger partial charge in [0.05, 0.1) is 11.9 Å². The van der Waals surface area contributed by atoms with Crippen LogP contribution < -0.4 is 9.62 Å². The molecule has 140 valence electrons. The molecule has 0 unspecified atom stereocenters. The first-order valence-electron chi connectivity index (χ1n) is 8.54. The molecule has 0 aliphatic carbocycles. The summed E-state index contributed by atoms with van der Waals surface area (Å²) >= 11 is 0. The fourth-order valence-corrected chi connectivity index (χ4v) is 3.65. The lowest BCUT2D eigenvalue weighted by Crippen LogP contribution is -2.35. The third kappa shape index (κ3) is 5.33. The van der Waals surface area contributed by atoms with Gasteiger partial charge in [-0.15, -0.1) is 0 Å². The average Bonchev–Trinajstić information content (AvgIpc) is 2.57. The quantitative estimate of drug-likeness (QED) is 0.810. The van der Waals surface area contributed by atoms with Gasteiger partial charge in [-0.2, -0.15) is 0 Å². The fourth-order valence-electron chi connectivity index (χ4n) is 2.67. The van der Waals surface area contributed by atoms with Crippen LogP contribution in [0, 0.1) is 20.8 Å². The Hall–Kier alpha value is -2.34. The van der Waals surface area contributed by atoms with Gasteiger partial charge in [-0.1, -0.05) is 42.0 Å². The van der Waals surface area contributed by atoms with Gasteiger partial charge in [-0.05, 0) is 43.5 Å². The molecular formula is C20H26N2O3S. The summed E-state index contributed by atoms with van der Waals surface area (Å²) in [4.78, 5) is 12.2. The van der Waals surface area contributed by atoms with Crippen LogP contribution in [0.4, 0.5) is 5.69 Å². The van der Waals surface area contributed by atoms with Gasteiger partial charge >= 0.3 is 0 Å². The third-order valence-corrected chi connectivity index (χ3v) is 5.58. The van der Waals surface area contributed by atoms with E-state index in [1.807, 2.05) is 57.2 Å². The number of sulfonamides is 1. The summed E-state index contributed by atoms with van der Waals surface area (Å²) in [5.41, 5.74) is 4.72. The second kappa shape index (κ2) is 8.36. The summed E-state index contributed by atoms with van der Waals surface area (Å²) in [7, 11) is -3.47. The zero-order valence-electron chi connectivity index (χ0n) is 15.7. The number of anilines is 1. The number of nitrogens with zero attached hydrogens (tertiary/aromatic N) is 1. The number of amides is 1. The predicted molar refractivity (Wildman–Crippen MR) is 106 cm³/mol. The van der Waals surface area contributed by atoms with Crippen molar-refractivity contribution in [2.24, 2.45) is 0 Å². The van der Waals surface area contributed by atoms with E-state index in [0.717, 1.165) is 22.3 Å². The Morgan fingerprint density at radius 1 is 1.04 bits per heavy atom. The molecule has 0 radical (unpaired) electrons. The first-order chi connectivity index (χ1) is 12.2. The molecule has 0 aliphatic heterocycles. The van der Waals surface area contributed by atoms with Gasteiger partial charge in [-0.25, -0.2) is 8.42 Å². The van der Waals surface area contributed by atoms with Crippen molar-refractivity contribution in [3.8, 4) is 0 Å². The van der Waals surface area contributed by atoms with Crippen molar-refractivity contribution in [3.05, 3.63) is 64.7 Å². The number of rotatable bonds is 7. The third-order valence-electron chi connectivity index (χ3n) is 4.40. The van der Waals surface area contributed by atoms with Crippen LogP contribution in [0.15, 0.2) is 42.5 Å². The summed E-state index contributed by atoms with van der Waals surface area (Å²) < 4.78 is 25.7. The van der Waals surface area contributed by atoms with Crippen LogP contribution in [0.5, 0.6) is 0 Å². The lowest BCUT2D eigenvalue weighted by molar-refractivity contribution is -0.121. The van der Waals surface area contributed by atoms with Crippen molar-refractivity contribution in [3.63, 3.8) is 0 Å². The lowest BCUT2D eigenvalue weighted by Gasteiger charge is -2.24. The molecule has 26 heavy (non-hydrogen) atoms. The van der Waals surface area contributed by atoms with E-state index >= 15 is 0 Å². The molecule has 0 atom stereocenters. The van der Waals surface area contributed by atoms with Crippen LogP contribution in [0.25, 0.3) is 0 Å². The molecule has 0 saturated carbocycles. The number of carbonyl (C=O) groups excluding carboxylic acids is 1. The van der Waals surface area contributed by atoms with E-state index in [-0.39, 0.29) is 18.9 Å². The van der Waals surface area contributed by atoms with Gasteiger partial charge in [0.25, 0.3) is 0 Å². The van der Waals surface area contributed by atoms with Crippen LogP contribution in [-0.2, 0) is 21.4 Å². The summed E-state index contributed by atoms with van der Waals surface area (Å²) in [5, 5.41) is 2.84. The van der Waals surface area contributed by atoms with Crippen LogP contribution in [0.2, 0.25) is 0 Å². The molecule has 0 aromatic heterocycles. The maximum absolute atomic E-state index is 12.2. The van der Waals surface area contributed by atoms with Crippen molar-refractivity contribution in [2.45, 2.75) is 33.7 Å². The summed E-state index contributed by atoms with van der Waals surface area (Å²) in [6, 6.07) is 13.5. The van der Waals surface area contributed by atoms with Crippen LogP contribution in [0.1, 0.15) is 28.7 Å². The largest absolute Gasteiger partial charge is 0.352 e. The Balaban J connectivity index is 2.02. The van der Waals surface area contributed by atoms with Crippen molar-refractivity contribution < 1.29 is 13.2 Å². The molecule has 6 heteroatoms. The van der Waals surface area contributed by atoms with Gasteiger partial charge < -0.3 is 5.32 Å². The monoisotopic (exact) mass is 374 g/mol. The standard InChI is InChI=1S/C20H26N2O3S/c1-15-8-10-18(11-9-15)14-21-20(23)12-13-22(26(4,24)25)19-7-5-6-16(2)17(19)3/h5-11H,12-14H2,1-4H3,(H,21,23). The minimum Gasteiger partial charge on any atom is -0.352 e. The smallest absolute Gasteiger partial charge is 0.232 e. The van der Waals surface area contributed by atoms with Gasteiger partial charge in [0.1, 0.15) is 0 Å². The lowest BCUT2D eigenvalue weighted by atomic mass is 10.1. The molecule has 2 aromatic carbocycles. The summed E-state index contributed by atoms with van der Waals surface area (Å²) in [6.45, 7) is 6.38. The number of aryl methyl sites for hydroxylation is 2. The van der Waals surface area contributed by atoms with E-state index in [4.69, 9.17) is 0 Å². The highest BCUT2D eigenvalue weighted by molar-refractivity contribution is 7.92. The molecule has 5 nitrogen and oxygen atoms in total. The van der Waals surface area contributed by atoms with Crippen LogP contribution in [-0.4, -0.2) is 27.1 Å². The van der Waals surface area contributed by atoms with E-state index in [0.29, 0.717) is 12.2 Å². The number of benzene rings is 2. The molecule has 0 spiro atoms. The maximum atomic E-state index is 12.2.